The van der Waals surface area contributed by atoms with Crippen molar-refractivity contribution in [3.05, 3.63) is 62.3 Å². The summed E-state index contributed by atoms with van der Waals surface area (Å²) in [7, 11) is 1.57. The molecule has 2 aromatic heterocycles. The molecule has 9 heteroatoms. The van der Waals surface area contributed by atoms with Gasteiger partial charge in [-0.25, -0.2) is 14.2 Å². The van der Waals surface area contributed by atoms with Gasteiger partial charge < -0.3 is 14.4 Å². The largest absolute Gasteiger partial charge is 0.396 e. The maximum Gasteiger partial charge on any atom is 0.332 e. The van der Waals surface area contributed by atoms with Crippen LogP contribution in [0.15, 0.2) is 33.9 Å². The number of benzene rings is 1. The fraction of sp³-hybridized carbons (Fsp3) is 0.458. The number of hydrogen-bond acceptors (Lipinski definition) is 5. The number of ether oxygens (including phenoxy) is 1. The first-order chi connectivity index (χ1) is 16.0. The maximum atomic E-state index is 13.4. The lowest BCUT2D eigenvalue weighted by Gasteiger charge is -2.24. The zero-order chi connectivity index (χ0) is 23.4. The first-order valence-electron chi connectivity index (χ1n) is 11.2. The Labute approximate surface area is 190 Å². The SMILES string of the molecule is Cn1c(=O)n(CCCCO)c(=O)c2c1nc(C#CCOC1CCC1)n2Cc1ccc(F)cc1. The minimum atomic E-state index is -0.468. The number of nitrogens with zero attached hydrogens (tertiary/aromatic N) is 4. The summed E-state index contributed by atoms with van der Waals surface area (Å²) in [4.78, 5) is 30.6. The van der Waals surface area contributed by atoms with Crippen LogP contribution in [0.25, 0.3) is 11.2 Å². The Morgan fingerprint density at radius 3 is 2.61 bits per heavy atom. The molecule has 0 saturated heterocycles. The molecule has 0 bridgehead atoms. The number of imidazole rings is 1. The Morgan fingerprint density at radius 2 is 1.94 bits per heavy atom. The summed E-state index contributed by atoms with van der Waals surface area (Å²) >= 11 is 0. The molecule has 1 saturated carbocycles. The minimum absolute atomic E-state index is 0.0114. The van der Waals surface area contributed by atoms with Gasteiger partial charge in [-0.1, -0.05) is 18.1 Å². The normalized spacial score (nSPS) is 13.7. The minimum Gasteiger partial charge on any atom is -0.396 e. The van der Waals surface area contributed by atoms with Crippen molar-refractivity contribution in [2.24, 2.45) is 7.05 Å². The van der Waals surface area contributed by atoms with Gasteiger partial charge >= 0.3 is 5.69 Å². The summed E-state index contributed by atoms with van der Waals surface area (Å²) in [5.74, 6) is 5.95. The van der Waals surface area contributed by atoms with Crippen LogP contribution in [0.2, 0.25) is 0 Å². The monoisotopic (exact) mass is 454 g/mol. The van der Waals surface area contributed by atoms with E-state index in [2.05, 4.69) is 16.8 Å². The molecule has 2 heterocycles. The van der Waals surface area contributed by atoms with Crippen LogP contribution < -0.4 is 11.2 Å². The summed E-state index contributed by atoms with van der Waals surface area (Å²) in [6.45, 7) is 0.686. The van der Waals surface area contributed by atoms with Crippen LogP contribution in [0.3, 0.4) is 0 Å². The average molecular weight is 455 g/mol. The number of aliphatic hydroxyl groups is 1. The third-order valence-electron chi connectivity index (χ3n) is 5.92. The van der Waals surface area contributed by atoms with Crippen LogP contribution in [-0.2, 0) is 24.9 Å². The summed E-state index contributed by atoms with van der Waals surface area (Å²) < 4.78 is 23.3. The number of aromatic nitrogens is 4. The van der Waals surface area contributed by atoms with Crippen molar-refractivity contribution in [2.75, 3.05) is 13.2 Å². The van der Waals surface area contributed by atoms with Gasteiger partial charge in [-0.3, -0.25) is 13.9 Å². The third kappa shape index (κ3) is 4.92. The molecule has 0 unspecified atom stereocenters. The van der Waals surface area contributed by atoms with Gasteiger partial charge in [0.1, 0.15) is 12.4 Å². The van der Waals surface area contributed by atoms with Gasteiger partial charge in [0.05, 0.1) is 12.6 Å². The van der Waals surface area contributed by atoms with E-state index in [0.29, 0.717) is 18.7 Å². The molecule has 0 amide bonds. The number of halogens is 1. The van der Waals surface area contributed by atoms with E-state index in [4.69, 9.17) is 9.84 Å². The van der Waals surface area contributed by atoms with Crippen molar-refractivity contribution in [2.45, 2.75) is 51.3 Å². The van der Waals surface area contributed by atoms with E-state index in [1.54, 1.807) is 23.7 Å². The second kappa shape index (κ2) is 10.1. The number of aryl methyl sites for hydroxylation is 1. The van der Waals surface area contributed by atoms with Gasteiger partial charge in [0, 0.05) is 20.2 Å². The molecular weight excluding hydrogens is 427 g/mol. The highest BCUT2D eigenvalue weighted by Gasteiger charge is 2.20. The Bertz CT molecular complexity index is 1310. The lowest BCUT2D eigenvalue weighted by atomic mass is 9.96. The van der Waals surface area contributed by atoms with Crippen molar-refractivity contribution in [1.82, 2.24) is 18.7 Å². The molecule has 3 aromatic rings. The smallest absolute Gasteiger partial charge is 0.332 e. The summed E-state index contributed by atoms with van der Waals surface area (Å²) in [6.07, 6.45) is 4.49. The fourth-order valence-corrected chi connectivity index (χ4v) is 3.78. The lowest BCUT2D eigenvalue weighted by Crippen LogP contribution is -2.39. The van der Waals surface area contributed by atoms with Crippen molar-refractivity contribution in [3.63, 3.8) is 0 Å². The summed E-state index contributed by atoms with van der Waals surface area (Å²) in [5, 5.41) is 9.06. The van der Waals surface area contributed by atoms with Crippen molar-refractivity contribution in [3.8, 4) is 11.8 Å². The van der Waals surface area contributed by atoms with E-state index in [-0.39, 0.29) is 49.4 Å². The topological polar surface area (TPSA) is 91.3 Å². The molecule has 0 aliphatic heterocycles. The van der Waals surface area contributed by atoms with Gasteiger partial charge in [-0.05, 0) is 55.7 Å². The molecule has 4 rings (SSSR count). The average Bonchev–Trinajstić information content (AvgIpc) is 3.13. The number of unbranched alkanes of at least 4 members (excludes halogenated alkanes) is 1. The first kappa shape index (κ1) is 23.0. The third-order valence-corrected chi connectivity index (χ3v) is 5.92. The molecule has 1 fully saturated rings. The van der Waals surface area contributed by atoms with E-state index in [9.17, 15) is 14.0 Å². The van der Waals surface area contributed by atoms with Crippen molar-refractivity contribution >= 4 is 11.2 Å². The Morgan fingerprint density at radius 1 is 1.18 bits per heavy atom. The Hall–Kier alpha value is -3.22. The van der Waals surface area contributed by atoms with E-state index < -0.39 is 11.2 Å². The molecule has 1 aromatic carbocycles. The van der Waals surface area contributed by atoms with Gasteiger partial charge in [-0.15, -0.1) is 0 Å². The standard InChI is InChI=1S/C24H27FN4O4/c1-27-22-21(23(31)28(24(27)32)13-2-3-14-30)29(16-17-9-11-18(25)12-10-17)20(26-22)8-5-15-33-19-6-4-7-19/h9-12,19,30H,2-4,6-7,13-16H2,1H3. The predicted octanol–water partition coefficient (Wildman–Crippen LogP) is 1.78. The quantitative estimate of drug-likeness (QED) is 0.414. The summed E-state index contributed by atoms with van der Waals surface area (Å²) in [6, 6.07) is 5.99. The van der Waals surface area contributed by atoms with Crippen LogP contribution in [0.5, 0.6) is 0 Å². The number of rotatable bonds is 8. The van der Waals surface area contributed by atoms with Gasteiger partial charge in [-0.2, -0.15) is 0 Å². The highest BCUT2D eigenvalue weighted by Crippen LogP contribution is 2.21. The Kier molecular flexibility index (Phi) is 7.06. The van der Waals surface area contributed by atoms with E-state index in [0.717, 1.165) is 23.0 Å². The van der Waals surface area contributed by atoms with Crippen LogP contribution >= 0.6 is 0 Å². The molecule has 0 radical (unpaired) electrons. The van der Waals surface area contributed by atoms with Crippen LogP contribution in [-0.4, -0.2) is 43.1 Å². The van der Waals surface area contributed by atoms with Gasteiger partial charge in [0.25, 0.3) is 5.56 Å². The van der Waals surface area contributed by atoms with E-state index in [1.807, 2.05) is 0 Å². The van der Waals surface area contributed by atoms with Crippen molar-refractivity contribution in [1.29, 1.82) is 0 Å². The highest BCUT2D eigenvalue weighted by atomic mass is 19.1. The number of fused-ring (bicyclic) bond motifs is 1. The van der Waals surface area contributed by atoms with Crippen LogP contribution in [0, 0.1) is 17.7 Å². The zero-order valence-electron chi connectivity index (χ0n) is 18.6. The lowest BCUT2D eigenvalue weighted by molar-refractivity contribution is 0.0217. The summed E-state index contributed by atoms with van der Waals surface area (Å²) in [5.41, 5.74) is 0.345. The molecule has 0 spiro atoms. The fourth-order valence-electron chi connectivity index (χ4n) is 3.78. The van der Waals surface area contributed by atoms with Gasteiger partial charge in [0.15, 0.2) is 17.0 Å². The molecule has 1 aliphatic carbocycles. The maximum absolute atomic E-state index is 13.4. The highest BCUT2D eigenvalue weighted by molar-refractivity contribution is 5.72. The molecule has 174 valence electrons. The van der Waals surface area contributed by atoms with Crippen LogP contribution in [0.4, 0.5) is 4.39 Å². The molecule has 8 nitrogen and oxygen atoms in total. The second-order valence-corrected chi connectivity index (χ2v) is 8.22. The predicted molar refractivity (Wildman–Crippen MR) is 122 cm³/mol. The number of aliphatic hydroxyl groups excluding tert-OH is 1. The molecule has 1 N–H and O–H groups in total. The molecule has 1 aliphatic rings. The zero-order valence-corrected chi connectivity index (χ0v) is 18.6. The van der Waals surface area contributed by atoms with E-state index in [1.165, 1.54) is 23.1 Å². The molecular formula is C24H27FN4O4. The first-order valence-corrected chi connectivity index (χ1v) is 11.2. The number of hydrogen-bond donors (Lipinski definition) is 1. The van der Waals surface area contributed by atoms with Crippen molar-refractivity contribution < 1.29 is 14.2 Å². The van der Waals surface area contributed by atoms with E-state index >= 15 is 0 Å². The van der Waals surface area contributed by atoms with Gasteiger partial charge in [0.2, 0.25) is 0 Å². The second-order valence-electron chi connectivity index (χ2n) is 8.22. The Balaban J connectivity index is 1.79. The molecule has 0 atom stereocenters. The molecule has 33 heavy (non-hydrogen) atoms. The van der Waals surface area contributed by atoms with Crippen LogP contribution in [0.1, 0.15) is 43.5 Å².